The minimum Gasteiger partial charge on any atom is -0.378 e. The average Bonchev–Trinajstić information content (AvgIpc) is 2.90. The van der Waals surface area contributed by atoms with Crippen LogP contribution in [0.1, 0.15) is 51.4 Å². The Balaban J connectivity index is 1.73. The van der Waals surface area contributed by atoms with Gasteiger partial charge in [0, 0.05) is 24.4 Å². The first-order chi connectivity index (χ1) is 8.74. The van der Waals surface area contributed by atoms with Gasteiger partial charge in [0.25, 0.3) is 0 Å². The quantitative estimate of drug-likeness (QED) is 0.783. The van der Waals surface area contributed by atoms with Crippen molar-refractivity contribution in [3.05, 3.63) is 0 Å². The molecule has 0 aromatic heterocycles. The predicted octanol–water partition coefficient (Wildman–Crippen LogP) is 2.86. The van der Waals surface area contributed by atoms with Gasteiger partial charge in [0.15, 0.2) is 0 Å². The molecule has 1 unspecified atom stereocenters. The summed E-state index contributed by atoms with van der Waals surface area (Å²) in [5, 5.41) is 3.07. The van der Waals surface area contributed by atoms with E-state index in [0.29, 0.717) is 12.3 Å². The predicted molar refractivity (Wildman–Crippen MR) is 72.8 cm³/mol. The number of carbonyl (C=O) groups excluding carboxylic acids is 1. The summed E-state index contributed by atoms with van der Waals surface area (Å²) in [7, 11) is 0. The molecule has 18 heavy (non-hydrogen) atoms. The Hall–Kier alpha value is -0.280. The Labute approximate surface area is 115 Å². The van der Waals surface area contributed by atoms with Crippen molar-refractivity contribution in [2.24, 2.45) is 5.41 Å². The monoisotopic (exact) mass is 273 g/mol. The van der Waals surface area contributed by atoms with Gasteiger partial charge in [0.2, 0.25) is 5.91 Å². The summed E-state index contributed by atoms with van der Waals surface area (Å²) < 4.78 is 5.48. The average molecular weight is 274 g/mol. The molecule has 1 saturated carbocycles. The van der Waals surface area contributed by atoms with Gasteiger partial charge >= 0.3 is 0 Å². The van der Waals surface area contributed by atoms with E-state index in [1.807, 2.05) is 0 Å². The second-order valence-electron chi connectivity index (χ2n) is 5.81. The SMILES string of the molecule is O=C(CC1CCCO1)NCC1(CCl)CCCCC1. The Bertz CT molecular complexity index is 271. The maximum atomic E-state index is 11.9. The Morgan fingerprint density at radius 2 is 2.06 bits per heavy atom. The van der Waals surface area contributed by atoms with Crippen molar-refractivity contribution in [2.45, 2.75) is 57.5 Å². The number of hydrogen-bond donors (Lipinski definition) is 1. The summed E-state index contributed by atoms with van der Waals surface area (Å²) in [5.74, 6) is 0.782. The third kappa shape index (κ3) is 3.86. The van der Waals surface area contributed by atoms with Crippen molar-refractivity contribution in [1.29, 1.82) is 0 Å². The van der Waals surface area contributed by atoms with Gasteiger partial charge in [-0.15, -0.1) is 11.6 Å². The second kappa shape index (κ2) is 6.76. The molecule has 0 aromatic carbocycles. The highest BCUT2D eigenvalue weighted by atomic mass is 35.5. The highest BCUT2D eigenvalue weighted by Crippen LogP contribution is 2.36. The number of rotatable bonds is 5. The lowest BCUT2D eigenvalue weighted by Crippen LogP contribution is -2.41. The van der Waals surface area contributed by atoms with E-state index in [1.54, 1.807) is 0 Å². The molecule has 2 fully saturated rings. The lowest BCUT2D eigenvalue weighted by Gasteiger charge is -2.35. The van der Waals surface area contributed by atoms with Crippen LogP contribution in [0.3, 0.4) is 0 Å². The van der Waals surface area contributed by atoms with Crippen LogP contribution < -0.4 is 5.32 Å². The second-order valence-corrected chi connectivity index (χ2v) is 6.08. The number of amides is 1. The zero-order valence-corrected chi connectivity index (χ0v) is 11.8. The molecule has 4 heteroatoms. The van der Waals surface area contributed by atoms with E-state index < -0.39 is 0 Å². The van der Waals surface area contributed by atoms with Crippen molar-refractivity contribution in [3.8, 4) is 0 Å². The molecule has 1 aliphatic carbocycles. The molecule has 1 saturated heterocycles. The molecule has 1 amide bonds. The zero-order chi connectivity index (χ0) is 12.8. The molecule has 104 valence electrons. The van der Waals surface area contributed by atoms with E-state index in [9.17, 15) is 4.79 Å². The molecular weight excluding hydrogens is 250 g/mol. The molecule has 3 nitrogen and oxygen atoms in total. The van der Waals surface area contributed by atoms with Gasteiger partial charge in [-0.2, -0.15) is 0 Å². The molecule has 1 heterocycles. The molecule has 1 aliphatic heterocycles. The number of hydrogen-bond acceptors (Lipinski definition) is 2. The summed E-state index contributed by atoms with van der Waals surface area (Å²) in [6.45, 7) is 1.55. The minimum absolute atomic E-state index is 0.122. The molecule has 0 radical (unpaired) electrons. The maximum Gasteiger partial charge on any atom is 0.222 e. The fourth-order valence-corrected chi connectivity index (χ4v) is 3.39. The third-order valence-electron chi connectivity index (χ3n) is 4.30. The molecule has 1 N–H and O–H groups in total. The van der Waals surface area contributed by atoms with Crippen LogP contribution in [0, 0.1) is 5.41 Å². The zero-order valence-electron chi connectivity index (χ0n) is 11.0. The Morgan fingerprint density at radius 1 is 1.28 bits per heavy atom. The van der Waals surface area contributed by atoms with Crippen molar-refractivity contribution in [3.63, 3.8) is 0 Å². The number of nitrogens with one attached hydrogen (secondary N) is 1. The van der Waals surface area contributed by atoms with E-state index in [4.69, 9.17) is 16.3 Å². The molecule has 2 rings (SSSR count). The molecule has 2 aliphatic rings. The first-order valence-electron chi connectivity index (χ1n) is 7.18. The fraction of sp³-hybridized carbons (Fsp3) is 0.929. The Morgan fingerprint density at radius 3 is 2.67 bits per heavy atom. The molecular formula is C14H24ClNO2. The summed E-state index contributed by atoms with van der Waals surface area (Å²) in [4.78, 5) is 11.9. The van der Waals surface area contributed by atoms with E-state index in [0.717, 1.165) is 38.8 Å². The minimum atomic E-state index is 0.122. The standard InChI is InChI=1S/C14H24ClNO2/c15-10-14(6-2-1-3-7-14)11-16-13(17)9-12-5-4-8-18-12/h12H,1-11H2,(H,16,17). The van der Waals surface area contributed by atoms with Crippen LogP contribution in [0.2, 0.25) is 0 Å². The van der Waals surface area contributed by atoms with Crippen LogP contribution >= 0.6 is 11.6 Å². The topological polar surface area (TPSA) is 38.3 Å². The summed E-state index contributed by atoms with van der Waals surface area (Å²) >= 11 is 6.11. The van der Waals surface area contributed by atoms with Crippen LogP contribution in [-0.4, -0.2) is 31.0 Å². The third-order valence-corrected chi connectivity index (χ3v) is 4.86. The molecule has 0 aromatic rings. The van der Waals surface area contributed by atoms with Crippen LogP contribution in [0.25, 0.3) is 0 Å². The van der Waals surface area contributed by atoms with E-state index in [-0.39, 0.29) is 17.4 Å². The summed E-state index contributed by atoms with van der Waals surface area (Å²) in [5.41, 5.74) is 0.145. The first kappa shape index (κ1) is 14.1. The van der Waals surface area contributed by atoms with E-state index >= 15 is 0 Å². The van der Waals surface area contributed by atoms with Gasteiger partial charge in [-0.3, -0.25) is 4.79 Å². The van der Waals surface area contributed by atoms with Crippen LogP contribution in [0.5, 0.6) is 0 Å². The smallest absolute Gasteiger partial charge is 0.222 e. The summed E-state index contributed by atoms with van der Waals surface area (Å²) in [6.07, 6.45) is 8.86. The van der Waals surface area contributed by atoms with Crippen molar-refractivity contribution < 1.29 is 9.53 Å². The van der Waals surface area contributed by atoms with Gasteiger partial charge in [0.05, 0.1) is 12.5 Å². The van der Waals surface area contributed by atoms with Gasteiger partial charge in [-0.1, -0.05) is 19.3 Å². The van der Waals surface area contributed by atoms with Crippen molar-refractivity contribution >= 4 is 17.5 Å². The van der Waals surface area contributed by atoms with E-state index in [1.165, 1.54) is 19.3 Å². The number of halogens is 1. The molecule has 1 atom stereocenters. The molecule has 0 spiro atoms. The van der Waals surface area contributed by atoms with Gasteiger partial charge in [0.1, 0.15) is 0 Å². The number of alkyl halides is 1. The number of ether oxygens (including phenoxy) is 1. The van der Waals surface area contributed by atoms with Gasteiger partial charge < -0.3 is 10.1 Å². The Kier molecular flexibility index (Phi) is 5.31. The van der Waals surface area contributed by atoms with Gasteiger partial charge in [-0.05, 0) is 25.7 Å². The fourth-order valence-electron chi connectivity index (χ4n) is 3.03. The van der Waals surface area contributed by atoms with E-state index in [2.05, 4.69) is 5.32 Å². The van der Waals surface area contributed by atoms with Crippen LogP contribution in [-0.2, 0) is 9.53 Å². The van der Waals surface area contributed by atoms with Crippen LogP contribution in [0.4, 0.5) is 0 Å². The maximum absolute atomic E-state index is 11.9. The lowest BCUT2D eigenvalue weighted by molar-refractivity contribution is -0.123. The summed E-state index contributed by atoms with van der Waals surface area (Å²) in [6, 6.07) is 0. The van der Waals surface area contributed by atoms with Gasteiger partial charge in [-0.25, -0.2) is 0 Å². The largest absolute Gasteiger partial charge is 0.378 e. The normalized spacial score (nSPS) is 27.1. The van der Waals surface area contributed by atoms with Crippen LogP contribution in [0.15, 0.2) is 0 Å². The lowest BCUT2D eigenvalue weighted by atomic mass is 9.75. The highest BCUT2D eigenvalue weighted by molar-refractivity contribution is 6.18. The molecule has 0 bridgehead atoms. The van der Waals surface area contributed by atoms with Crippen molar-refractivity contribution in [2.75, 3.05) is 19.0 Å². The first-order valence-corrected chi connectivity index (χ1v) is 7.72. The highest BCUT2D eigenvalue weighted by Gasteiger charge is 2.31. The number of carbonyl (C=O) groups is 1. The van der Waals surface area contributed by atoms with Crippen molar-refractivity contribution in [1.82, 2.24) is 5.32 Å².